The van der Waals surface area contributed by atoms with Crippen LogP contribution in [0.5, 0.6) is 0 Å². The van der Waals surface area contributed by atoms with E-state index in [0.717, 1.165) is 11.3 Å². The third-order valence-electron chi connectivity index (χ3n) is 4.19. The molecule has 1 aromatic carbocycles. The Bertz CT molecular complexity index is 557. The van der Waals surface area contributed by atoms with Gasteiger partial charge in [0.1, 0.15) is 0 Å². The zero-order valence-electron chi connectivity index (χ0n) is 14.0. The Morgan fingerprint density at radius 3 is 2.48 bits per heavy atom. The van der Waals surface area contributed by atoms with Gasteiger partial charge in [0, 0.05) is 39.8 Å². The second-order valence-electron chi connectivity index (χ2n) is 6.23. The summed E-state index contributed by atoms with van der Waals surface area (Å²) >= 11 is 0. The molecule has 0 saturated carbocycles. The number of benzene rings is 1. The molecule has 1 aliphatic heterocycles. The molecule has 1 fully saturated rings. The molecule has 0 bridgehead atoms. The number of aliphatic hydroxyl groups is 1. The van der Waals surface area contributed by atoms with Crippen molar-refractivity contribution in [2.24, 2.45) is 0 Å². The molecule has 2 amide bonds. The lowest BCUT2D eigenvalue weighted by molar-refractivity contribution is -0.133. The Kier molecular flexibility index (Phi) is 5.60. The second kappa shape index (κ2) is 7.46. The number of piperidine rings is 1. The van der Waals surface area contributed by atoms with Gasteiger partial charge in [0.2, 0.25) is 11.8 Å². The van der Waals surface area contributed by atoms with Crippen LogP contribution in [-0.4, -0.2) is 61.2 Å². The fourth-order valence-corrected chi connectivity index (χ4v) is 2.74. The molecule has 0 aliphatic carbocycles. The van der Waals surface area contributed by atoms with Gasteiger partial charge in [-0.2, -0.15) is 0 Å². The summed E-state index contributed by atoms with van der Waals surface area (Å²) in [6.45, 7) is 2.33. The number of likely N-dealkylation sites (tertiary alicyclic amines) is 1. The third kappa shape index (κ3) is 4.69. The number of aliphatic hydroxyl groups excluding tert-OH is 1. The van der Waals surface area contributed by atoms with Crippen molar-refractivity contribution in [2.75, 3.05) is 32.1 Å². The van der Waals surface area contributed by atoms with E-state index in [9.17, 15) is 14.7 Å². The summed E-state index contributed by atoms with van der Waals surface area (Å²) in [7, 11) is 3.94. The molecule has 2 rings (SSSR count). The summed E-state index contributed by atoms with van der Waals surface area (Å²) in [5.41, 5.74) is 2.02. The van der Waals surface area contributed by atoms with E-state index in [4.69, 9.17) is 0 Å². The summed E-state index contributed by atoms with van der Waals surface area (Å²) in [6.07, 6.45) is 0.145. The normalized spacial score (nSPS) is 21.0. The molecule has 0 aromatic heterocycles. The van der Waals surface area contributed by atoms with E-state index >= 15 is 0 Å². The highest BCUT2D eigenvalue weighted by molar-refractivity contribution is 5.79. The smallest absolute Gasteiger partial charge is 0.224 e. The number of nitrogens with one attached hydrogen (secondary N) is 1. The molecule has 6 heteroatoms. The number of anilines is 1. The van der Waals surface area contributed by atoms with Crippen molar-refractivity contribution in [3.05, 3.63) is 29.8 Å². The average molecular weight is 319 g/mol. The van der Waals surface area contributed by atoms with Crippen LogP contribution in [0, 0.1) is 0 Å². The van der Waals surface area contributed by atoms with Gasteiger partial charge >= 0.3 is 0 Å². The van der Waals surface area contributed by atoms with Crippen LogP contribution in [0.25, 0.3) is 0 Å². The first-order valence-electron chi connectivity index (χ1n) is 7.86. The monoisotopic (exact) mass is 319 g/mol. The Labute approximate surface area is 137 Å². The minimum absolute atomic E-state index is 0.0465. The van der Waals surface area contributed by atoms with Crippen molar-refractivity contribution >= 4 is 17.5 Å². The summed E-state index contributed by atoms with van der Waals surface area (Å²) < 4.78 is 0. The van der Waals surface area contributed by atoms with Gasteiger partial charge in [0.25, 0.3) is 0 Å². The predicted molar refractivity (Wildman–Crippen MR) is 89.3 cm³/mol. The van der Waals surface area contributed by atoms with E-state index in [1.165, 1.54) is 6.92 Å². The number of amides is 2. The van der Waals surface area contributed by atoms with E-state index in [-0.39, 0.29) is 30.8 Å². The quantitative estimate of drug-likeness (QED) is 0.842. The summed E-state index contributed by atoms with van der Waals surface area (Å²) in [5.74, 6) is -0.155. The van der Waals surface area contributed by atoms with Gasteiger partial charge in [-0.05, 0) is 24.1 Å². The lowest BCUT2D eigenvalue weighted by atomic mass is 10.0. The van der Waals surface area contributed by atoms with Crippen molar-refractivity contribution in [1.29, 1.82) is 0 Å². The minimum atomic E-state index is -0.715. The van der Waals surface area contributed by atoms with Crippen LogP contribution < -0.4 is 10.2 Å². The van der Waals surface area contributed by atoms with E-state index in [2.05, 4.69) is 5.32 Å². The Hall–Kier alpha value is -2.08. The lowest BCUT2D eigenvalue weighted by Crippen LogP contribution is -2.55. The third-order valence-corrected chi connectivity index (χ3v) is 4.19. The molecular weight excluding hydrogens is 294 g/mol. The van der Waals surface area contributed by atoms with Crippen molar-refractivity contribution in [1.82, 2.24) is 10.2 Å². The van der Waals surface area contributed by atoms with Gasteiger partial charge in [0.05, 0.1) is 18.6 Å². The number of carbonyl (C=O) groups excluding carboxylic acids is 2. The zero-order valence-corrected chi connectivity index (χ0v) is 14.0. The number of rotatable bonds is 4. The molecule has 1 saturated heterocycles. The first-order chi connectivity index (χ1) is 10.9. The maximum Gasteiger partial charge on any atom is 0.224 e. The Morgan fingerprint density at radius 2 is 1.96 bits per heavy atom. The molecule has 1 heterocycles. The SMILES string of the molecule is CC(=O)N1CCC(NC(=O)Cc2ccc(N(C)C)cc2)C(O)C1. The second-order valence-corrected chi connectivity index (χ2v) is 6.23. The molecular formula is C17H25N3O3. The van der Waals surface area contributed by atoms with Crippen LogP contribution in [0.2, 0.25) is 0 Å². The molecule has 2 atom stereocenters. The molecule has 6 nitrogen and oxygen atoms in total. The predicted octanol–water partition coefficient (Wildman–Crippen LogP) is 0.393. The maximum absolute atomic E-state index is 12.1. The number of β-amino-alcohol motifs (C(OH)–C–C–N with tert-alkyl or cyclic N) is 1. The number of carbonyl (C=O) groups is 2. The number of hydrogen-bond acceptors (Lipinski definition) is 4. The van der Waals surface area contributed by atoms with Crippen LogP contribution in [0.4, 0.5) is 5.69 Å². The van der Waals surface area contributed by atoms with Crippen LogP contribution in [0.15, 0.2) is 24.3 Å². The number of nitrogens with zero attached hydrogens (tertiary/aromatic N) is 2. The zero-order chi connectivity index (χ0) is 17.0. The molecule has 1 aliphatic rings. The van der Waals surface area contributed by atoms with Crippen LogP contribution in [0.3, 0.4) is 0 Å². The molecule has 23 heavy (non-hydrogen) atoms. The average Bonchev–Trinajstić information content (AvgIpc) is 2.49. The van der Waals surface area contributed by atoms with Gasteiger partial charge in [-0.15, -0.1) is 0 Å². The highest BCUT2D eigenvalue weighted by Crippen LogP contribution is 2.14. The summed E-state index contributed by atoms with van der Waals surface area (Å²) in [4.78, 5) is 27.1. The first kappa shape index (κ1) is 17.3. The fourth-order valence-electron chi connectivity index (χ4n) is 2.74. The van der Waals surface area contributed by atoms with Gasteiger partial charge in [-0.25, -0.2) is 0 Å². The Balaban J connectivity index is 1.86. The van der Waals surface area contributed by atoms with Crippen molar-refractivity contribution < 1.29 is 14.7 Å². The molecule has 1 aromatic rings. The van der Waals surface area contributed by atoms with Gasteiger partial charge in [0.15, 0.2) is 0 Å². The van der Waals surface area contributed by atoms with Crippen molar-refractivity contribution in [3.63, 3.8) is 0 Å². The maximum atomic E-state index is 12.1. The van der Waals surface area contributed by atoms with Crippen molar-refractivity contribution in [2.45, 2.75) is 31.9 Å². The fraction of sp³-hybridized carbons (Fsp3) is 0.529. The van der Waals surface area contributed by atoms with Crippen molar-refractivity contribution in [3.8, 4) is 0 Å². The van der Waals surface area contributed by atoms with Gasteiger partial charge in [-0.3, -0.25) is 9.59 Å². The van der Waals surface area contributed by atoms with Crippen LogP contribution in [0.1, 0.15) is 18.9 Å². The van der Waals surface area contributed by atoms with Gasteiger partial charge < -0.3 is 20.2 Å². The minimum Gasteiger partial charge on any atom is -0.389 e. The Morgan fingerprint density at radius 1 is 1.30 bits per heavy atom. The molecule has 0 spiro atoms. The summed E-state index contributed by atoms with van der Waals surface area (Å²) in [5, 5.41) is 13.0. The lowest BCUT2D eigenvalue weighted by Gasteiger charge is -2.35. The highest BCUT2D eigenvalue weighted by atomic mass is 16.3. The van der Waals surface area contributed by atoms with E-state index in [1.807, 2.05) is 43.3 Å². The van der Waals surface area contributed by atoms with E-state index < -0.39 is 6.10 Å². The highest BCUT2D eigenvalue weighted by Gasteiger charge is 2.29. The van der Waals surface area contributed by atoms with Crippen LogP contribution >= 0.6 is 0 Å². The number of hydrogen-bond donors (Lipinski definition) is 2. The molecule has 2 N–H and O–H groups in total. The van der Waals surface area contributed by atoms with E-state index in [1.54, 1.807) is 4.90 Å². The van der Waals surface area contributed by atoms with E-state index in [0.29, 0.717) is 13.0 Å². The standard InChI is InChI=1S/C17H25N3O3/c1-12(21)20-9-8-15(16(22)11-20)18-17(23)10-13-4-6-14(7-5-13)19(2)3/h4-7,15-16,22H,8-11H2,1-3H3,(H,18,23). The molecule has 126 valence electrons. The first-order valence-corrected chi connectivity index (χ1v) is 7.86. The van der Waals surface area contributed by atoms with Crippen LogP contribution in [-0.2, 0) is 16.0 Å². The van der Waals surface area contributed by atoms with Gasteiger partial charge in [-0.1, -0.05) is 12.1 Å². The molecule has 0 radical (unpaired) electrons. The summed E-state index contributed by atoms with van der Waals surface area (Å²) in [6, 6.07) is 7.53. The largest absolute Gasteiger partial charge is 0.389 e. The molecule has 2 unspecified atom stereocenters. The topological polar surface area (TPSA) is 72.9 Å².